The van der Waals surface area contributed by atoms with Crippen molar-refractivity contribution in [3.63, 3.8) is 0 Å². The Balaban J connectivity index is 2.93. The fourth-order valence-electron chi connectivity index (χ4n) is 1.78. The van der Waals surface area contributed by atoms with E-state index in [0.717, 1.165) is 33.4 Å². The maximum Gasteiger partial charge on any atom is 0.107 e. The molecule has 1 aromatic carbocycles. The minimum Gasteiger partial charge on any atom is -0.389 e. The SMILES string of the molecule is CCSCC(C)Nc1cccc(SCC)c1C(N)=S. The van der Waals surface area contributed by atoms with Crippen molar-refractivity contribution in [2.75, 3.05) is 22.6 Å². The van der Waals surface area contributed by atoms with Crippen molar-refractivity contribution < 1.29 is 0 Å². The minimum absolute atomic E-state index is 0.403. The van der Waals surface area contributed by atoms with Crippen LogP contribution in [-0.2, 0) is 0 Å². The molecule has 1 atom stereocenters. The summed E-state index contributed by atoms with van der Waals surface area (Å²) in [6.07, 6.45) is 0. The smallest absolute Gasteiger partial charge is 0.107 e. The summed E-state index contributed by atoms with van der Waals surface area (Å²) in [4.78, 5) is 1.63. The quantitative estimate of drug-likeness (QED) is 0.561. The summed E-state index contributed by atoms with van der Waals surface area (Å²) in [7, 11) is 0. The molecule has 1 unspecified atom stereocenters. The Bertz CT molecular complexity index is 421. The van der Waals surface area contributed by atoms with E-state index in [1.807, 2.05) is 11.8 Å². The highest BCUT2D eigenvalue weighted by Gasteiger charge is 2.12. The van der Waals surface area contributed by atoms with Gasteiger partial charge in [0.1, 0.15) is 4.99 Å². The van der Waals surface area contributed by atoms with Crippen molar-refractivity contribution in [1.82, 2.24) is 0 Å². The van der Waals surface area contributed by atoms with Crippen molar-refractivity contribution in [3.8, 4) is 0 Å². The third-order valence-electron chi connectivity index (χ3n) is 2.55. The first-order chi connectivity index (χ1) is 9.10. The summed E-state index contributed by atoms with van der Waals surface area (Å²) in [6.45, 7) is 6.50. The Hall–Kier alpha value is -0.390. The van der Waals surface area contributed by atoms with Gasteiger partial charge in [0.2, 0.25) is 0 Å². The van der Waals surface area contributed by atoms with E-state index in [2.05, 4.69) is 44.3 Å². The number of hydrogen-bond acceptors (Lipinski definition) is 4. The third kappa shape index (κ3) is 5.24. The van der Waals surface area contributed by atoms with Crippen LogP contribution in [-0.4, -0.2) is 28.3 Å². The molecule has 0 saturated carbocycles. The lowest BCUT2D eigenvalue weighted by atomic mass is 10.1. The molecule has 0 aliphatic rings. The normalized spacial score (nSPS) is 12.2. The van der Waals surface area contributed by atoms with Crippen LogP contribution in [0.5, 0.6) is 0 Å². The van der Waals surface area contributed by atoms with Crippen LogP contribution in [0.15, 0.2) is 23.1 Å². The molecule has 106 valence electrons. The molecule has 1 rings (SSSR count). The highest BCUT2D eigenvalue weighted by Crippen LogP contribution is 2.29. The number of rotatable bonds is 8. The molecule has 0 aromatic heterocycles. The summed E-state index contributed by atoms with van der Waals surface area (Å²) >= 11 is 8.92. The van der Waals surface area contributed by atoms with Gasteiger partial charge in [-0.3, -0.25) is 0 Å². The van der Waals surface area contributed by atoms with E-state index in [1.54, 1.807) is 11.8 Å². The summed E-state index contributed by atoms with van der Waals surface area (Å²) in [5.74, 6) is 3.23. The molecule has 0 radical (unpaired) electrons. The van der Waals surface area contributed by atoms with Gasteiger partial charge in [-0.15, -0.1) is 11.8 Å². The molecule has 0 amide bonds. The second-order valence-electron chi connectivity index (χ2n) is 4.18. The zero-order chi connectivity index (χ0) is 14.3. The van der Waals surface area contributed by atoms with E-state index in [9.17, 15) is 0 Å². The van der Waals surface area contributed by atoms with Gasteiger partial charge in [-0.05, 0) is 30.6 Å². The van der Waals surface area contributed by atoms with Crippen molar-refractivity contribution >= 4 is 46.4 Å². The number of hydrogen-bond donors (Lipinski definition) is 2. The number of thiocarbonyl (C=S) groups is 1. The van der Waals surface area contributed by atoms with Gasteiger partial charge in [-0.1, -0.05) is 32.1 Å². The van der Waals surface area contributed by atoms with Gasteiger partial charge < -0.3 is 11.1 Å². The van der Waals surface area contributed by atoms with E-state index in [-0.39, 0.29) is 0 Å². The van der Waals surface area contributed by atoms with Gasteiger partial charge in [-0.25, -0.2) is 0 Å². The van der Waals surface area contributed by atoms with Crippen molar-refractivity contribution in [2.45, 2.75) is 31.7 Å². The molecule has 0 aliphatic heterocycles. The minimum atomic E-state index is 0.403. The predicted octanol–water partition coefficient (Wildman–Crippen LogP) is 3.99. The Morgan fingerprint density at radius 3 is 2.68 bits per heavy atom. The highest BCUT2D eigenvalue weighted by molar-refractivity contribution is 7.99. The number of thioether (sulfide) groups is 2. The number of benzene rings is 1. The second kappa shape index (κ2) is 8.72. The summed E-state index contributed by atoms with van der Waals surface area (Å²) in [5.41, 5.74) is 7.93. The largest absolute Gasteiger partial charge is 0.389 e. The zero-order valence-electron chi connectivity index (χ0n) is 11.7. The Morgan fingerprint density at radius 2 is 2.11 bits per heavy atom. The molecule has 0 fully saturated rings. The Labute approximate surface area is 130 Å². The standard InChI is InChI=1S/C14H22N2S3/c1-4-18-9-10(3)16-11-7-6-8-12(19-5-2)13(11)14(15)17/h6-8,10,16H,4-5,9H2,1-3H3,(H2,15,17). The molecular formula is C14H22N2S3. The molecular weight excluding hydrogens is 292 g/mol. The topological polar surface area (TPSA) is 38.0 Å². The van der Waals surface area contributed by atoms with Crippen molar-refractivity contribution in [1.29, 1.82) is 0 Å². The number of nitrogens with one attached hydrogen (secondary N) is 1. The molecule has 0 spiro atoms. The van der Waals surface area contributed by atoms with Gasteiger partial charge in [0.05, 0.1) is 0 Å². The Morgan fingerprint density at radius 1 is 1.37 bits per heavy atom. The van der Waals surface area contributed by atoms with Crippen LogP contribution in [0, 0.1) is 0 Å². The summed E-state index contributed by atoms with van der Waals surface area (Å²) in [6, 6.07) is 6.60. The van der Waals surface area contributed by atoms with E-state index < -0.39 is 0 Å². The lowest BCUT2D eigenvalue weighted by Crippen LogP contribution is -2.22. The van der Waals surface area contributed by atoms with Gasteiger partial charge in [0.25, 0.3) is 0 Å². The molecule has 2 nitrogen and oxygen atoms in total. The van der Waals surface area contributed by atoms with Gasteiger partial charge >= 0.3 is 0 Å². The number of anilines is 1. The second-order valence-corrected chi connectivity index (χ2v) is 7.25. The zero-order valence-corrected chi connectivity index (χ0v) is 14.2. The monoisotopic (exact) mass is 314 g/mol. The lowest BCUT2D eigenvalue weighted by Gasteiger charge is -2.19. The van der Waals surface area contributed by atoms with E-state index in [4.69, 9.17) is 18.0 Å². The average molecular weight is 315 g/mol. The van der Waals surface area contributed by atoms with Gasteiger partial charge in [-0.2, -0.15) is 11.8 Å². The first-order valence-electron chi connectivity index (χ1n) is 6.50. The van der Waals surface area contributed by atoms with Gasteiger partial charge in [0, 0.05) is 27.9 Å². The van der Waals surface area contributed by atoms with Gasteiger partial charge in [0.15, 0.2) is 0 Å². The first kappa shape index (κ1) is 16.7. The third-order valence-corrected chi connectivity index (χ3v) is 4.83. The molecule has 1 aromatic rings. The van der Waals surface area contributed by atoms with E-state index in [1.165, 1.54) is 0 Å². The Kier molecular flexibility index (Phi) is 7.64. The molecule has 3 N–H and O–H groups in total. The summed E-state index contributed by atoms with van der Waals surface area (Å²) < 4.78 is 0. The molecule has 5 heteroatoms. The van der Waals surface area contributed by atoms with Crippen LogP contribution in [0.25, 0.3) is 0 Å². The summed E-state index contributed by atoms with van der Waals surface area (Å²) in [5, 5.41) is 3.52. The fourth-order valence-corrected chi connectivity index (χ4v) is 3.59. The highest BCUT2D eigenvalue weighted by atomic mass is 32.2. The predicted molar refractivity (Wildman–Crippen MR) is 94.8 cm³/mol. The fraction of sp³-hybridized carbons (Fsp3) is 0.500. The molecule has 0 bridgehead atoms. The first-order valence-corrected chi connectivity index (χ1v) is 9.04. The molecule has 0 saturated heterocycles. The molecule has 19 heavy (non-hydrogen) atoms. The van der Waals surface area contributed by atoms with E-state index >= 15 is 0 Å². The van der Waals surface area contributed by atoms with Crippen LogP contribution < -0.4 is 11.1 Å². The van der Waals surface area contributed by atoms with Crippen LogP contribution in [0.3, 0.4) is 0 Å². The molecule has 0 aliphatic carbocycles. The van der Waals surface area contributed by atoms with E-state index in [0.29, 0.717) is 11.0 Å². The van der Waals surface area contributed by atoms with Crippen LogP contribution in [0.1, 0.15) is 26.3 Å². The van der Waals surface area contributed by atoms with Crippen LogP contribution in [0.2, 0.25) is 0 Å². The number of nitrogens with two attached hydrogens (primary N) is 1. The maximum atomic E-state index is 5.89. The average Bonchev–Trinajstić information content (AvgIpc) is 2.36. The van der Waals surface area contributed by atoms with Crippen LogP contribution >= 0.6 is 35.7 Å². The maximum absolute atomic E-state index is 5.89. The van der Waals surface area contributed by atoms with Crippen molar-refractivity contribution in [2.24, 2.45) is 5.73 Å². The molecule has 0 heterocycles. The van der Waals surface area contributed by atoms with Crippen LogP contribution in [0.4, 0.5) is 5.69 Å². The lowest BCUT2D eigenvalue weighted by molar-refractivity contribution is 0.911. The van der Waals surface area contributed by atoms with Crippen molar-refractivity contribution in [3.05, 3.63) is 23.8 Å².